The molecule has 0 fully saturated rings. The molecule has 0 atom stereocenters. The molecule has 25 heavy (non-hydrogen) atoms. The molecule has 0 bridgehead atoms. The van der Waals surface area contributed by atoms with Crippen molar-refractivity contribution in [2.45, 2.75) is 6.42 Å². The van der Waals surface area contributed by atoms with Gasteiger partial charge in [0.2, 0.25) is 0 Å². The van der Waals surface area contributed by atoms with Gasteiger partial charge >= 0.3 is 0 Å². The molecule has 0 aliphatic rings. The molecule has 4 heteroatoms. The van der Waals surface area contributed by atoms with E-state index in [0.717, 1.165) is 16.2 Å². The fourth-order valence-corrected chi connectivity index (χ4v) is 6.03. The maximum Gasteiger partial charge on any atom is 0.174 e. The van der Waals surface area contributed by atoms with Crippen LogP contribution in [-0.4, -0.2) is 7.11 Å². The van der Waals surface area contributed by atoms with Crippen LogP contribution in [0.15, 0.2) is 78.9 Å². The molecule has 3 aromatic rings. The van der Waals surface area contributed by atoms with E-state index in [1.165, 1.54) is 0 Å². The molecule has 0 heterocycles. The molecule has 0 radical (unpaired) electrons. The lowest BCUT2D eigenvalue weighted by Crippen LogP contribution is -2.28. The predicted molar refractivity (Wildman–Crippen MR) is 102 cm³/mol. The van der Waals surface area contributed by atoms with Crippen molar-refractivity contribution in [2.24, 2.45) is 0 Å². The summed E-state index contributed by atoms with van der Waals surface area (Å²) in [6.07, 6.45) is 0.177. The first-order chi connectivity index (χ1) is 12.2. The van der Waals surface area contributed by atoms with E-state index >= 15 is 0 Å². The zero-order valence-corrected chi connectivity index (χ0v) is 14.8. The van der Waals surface area contributed by atoms with E-state index in [4.69, 9.17) is 4.74 Å². The van der Waals surface area contributed by atoms with Crippen LogP contribution in [0, 0.1) is 11.3 Å². The third-order valence-electron chi connectivity index (χ3n) is 4.13. The van der Waals surface area contributed by atoms with Crippen molar-refractivity contribution in [2.75, 3.05) is 7.11 Å². The molecule has 3 rings (SSSR count). The van der Waals surface area contributed by atoms with Gasteiger partial charge in [-0.25, -0.2) is 0 Å². The predicted octanol–water partition coefficient (Wildman–Crippen LogP) is 3.40. The highest BCUT2D eigenvalue weighted by molar-refractivity contribution is 7.85. The largest absolute Gasteiger partial charge is 0.496 e. The van der Waals surface area contributed by atoms with Crippen molar-refractivity contribution in [1.82, 2.24) is 0 Å². The molecule has 0 spiro atoms. The Balaban J connectivity index is 2.39. The number of methoxy groups -OCH3 is 1. The van der Waals surface area contributed by atoms with Gasteiger partial charge in [0.25, 0.3) is 0 Å². The Hall–Kier alpha value is -2.82. The van der Waals surface area contributed by atoms with Crippen LogP contribution < -0.4 is 20.7 Å². The summed E-state index contributed by atoms with van der Waals surface area (Å²) in [5, 5.41) is 11.3. The molecule has 3 aromatic carbocycles. The monoisotopic (exact) mass is 347 g/mol. The third-order valence-corrected chi connectivity index (χ3v) is 7.31. The lowest BCUT2D eigenvalue weighted by molar-refractivity contribution is 0.417. The second-order valence-electron chi connectivity index (χ2n) is 5.58. The van der Waals surface area contributed by atoms with E-state index < -0.39 is 7.14 Å². The fraction of sp³-hybridized carbons (Fsp3) is 0.0952. The maximum atomic E-state index is 14.5. The zero-order valence-electron chi connectivity index (χ0n) is 13.9. The van der Waals surface area contributed by atoms with Gasteiger partial charge < -0.3 is 9.30 Å². The molecule has 0 amide bonds. The van der Waals surface area contributed by atoms with Crippen molar-refractivity contribution in [1.29, 1.82) is 5.26 Å². The van der Waals surface area contributed by atoms with Crippen LogP contribution in [0.3, 0.4) is 0 Å². The Kier molecular flexibility index (Phi) is 5.03. The van der Waals surface area contributed by atoms with E-state index in [2.05, 4.69) is 6.07 Å². The van der Waals surface area contributed by atoms with Gasteiger partial charge in [0, 0.05) is 10.6 Å². The van der Waals surface area contributed by atoms with Gasteiger partial charge in [-0.3, -0.25) is 0 Å². The van der Waals surface area contributed by atoms with Crippen LogP contribution in [0.25, 0.3) is 0 Å². The molecular weight excluding hydrogens is 329 g/mol. The van der Waals surface area contributed by atoms with Crippen molar-refractivity contribution >= 4 is 23.1 Å². The summed E-state index contributed by atoms with van der Waals surface area (Å²) < 4.78 is 20.0. The molecule has 124 valence electrons. The zero-order chi connectivity index (χ0) is 17.7. The van der Waals surface area contributed by atoms with Gasteiger partial charge in [-0.15, -0.1) is 0 Å². The molecule has 0 aliphatic heterocycles. The number of nitriles is 1. The summed E-state index contributed by atoms with van der Waals surface area (Å²) in [6, 6.07) is 26.5. The first kappa shape index (κ1) is 17.0. The van der Waals surface area contributed by atoms with Crippen LogP contribution in [-0.2, 0) is 11.0 Å². The van der Waals surface area contributed by atoms with E-state index in [1.807, 2.05) is 72.8 Å². The summed E-state index contributed by atoms with van der Waals surface area (Å²) in [5.41, 5.74) is 0.734. The van der Waals surface area contributed by atoms with Gasteiger partial charge in [-0.1, -0.05) is 72.8 Å². The SMILES string of the molecule is COc1cccc(CC#N)c1P(=O)(c1ccccc1)c1ccccc1. The highest BCUT2D eigenvalue weighted by atomic mass is 31.2. The number of nitrogens with zero attached hydrogens (tertiary/aromatic N) is 1. The molecule has 3 nitrogen and oxygen atoms in total. The van der Waals surface area contributed by atoms with Gasteiger partial charge in [0.05, 0.1) is 24.9 Å². The average molecular weight is 347 g/mol. The van der Waals surface area contributed by atoms with Gasteiger partial charge in [-0.2, -0.15) is 5.26 Å². The van der Waals surface area contributed by atoms with Crippen LogP contribution in [0.2, 0.25) is 0 Å². The van der Waals surface area contributed by atoms with Crippen LogP contribution in [0.4, 0.5) is 0 Å². The van der Waals surface area contributed by atoms with E-state index in [0.29, 0.717) is 11.1 Å². The highest BCUT2D eigenvalue weighted by Gasteiger charge is 2.34. The van der Waals surface area contributed by atoms with E-state index in [1.54, 1.807) is 13.2 Å². The number of hydrogen-bond donors (Lipinski definition) is 0. The summed E-state index contributed by atoms with van der Waals surface area (Å²) in [6.45, 7) is 0. The van der Waals surface area contributed by atoms with E-state index in [-0.39, 0.29) is 6.42 Å². The molecule has 0 N–H and O–H groups in total. The lowest BCUT2D eigenvalue weighted by atomic mass is 10.1. The summed E-state index contributed by atoms with van der Waals surface area (Å²) >= 11 is 0. The molecule has 0 saturated carbocycles. The maximum absolute atomic E-state index is 14.5. The van der Waals surface area contributed by atoms with Crippen LogP contribution in [0.1, 0.15) is 5.56 Å². The topological polar surface area (TPSA) is 50.1 Å². The van der Waals surface area contributed by atoms with E-state index in [9.17, 15) is 9.83 Å². The van der Waals surface area contributed by atoms with Crippen molar-refractivity contribution in [3.8, 4) is 11.8 Å². The minimum Gasteiger partial charge on any atom is -0.496 e. The Morgan fingerprint density at radius 2 is 1.44 bits per heavy atom. The first-order valence-electron chi connectivity index (χ1n) is 7.96. The van der Waals surface area contributed by atoms with Crippen LogP contribution in [0.5, 0.6) is 5.75 Å². The minimum atomic E-state index is -3.17. The van der Waals surface area contributed by atoms with Gasteiger partial charge in [0.1, 0.15) is 5.75 Å². The third kappa shape index (κ3) is 3.09. The second-order valence-corrected chi connectivity index (χ2v) is 8.28. The fourth-order valence-electron chi connectivity index (χ4n) is 3.00. The Morgan fingerprint density at radius 1 is 0.880 bits per heavy atom. The number of rotatable bonds is 5. The smallest absolute Gasteiger partial charge is 0.174 e. The average Bonchev–Trinajstić information content (AvgIpc) is 2.69. The highest BCUT2D eigenvalue weighted by Crippen LogP contribution is 2.46. The van der Waals surface area contributed by atoms with Crippen molar-refractivity contribution < 1.29 is 9.30 Å². The number of ether oxygens (including phenoxy) is 1. The first-order valence-corrected chi connectivity index (χ1v) is 9.67. The minimum absolute atomic E-state index is 0.177. The molecule has 0 aliphatic carbocycles. The Morgan fingerprint density at radius 3 is 1.92 bits per heavy atom. The molecular formula is C21H18NO2P. The summed E-state index contributed by atoms with van der Waals surface area (Å²) in [4.78, 5) is 0. The van der Waals surface area contributed by atoms with Gasteiger partial charge in [0.15, 0.2) is 7.14 Å². The summed E-state index contributed by atoms with van der Waals surface area (Å²) in [5.74, 6) is 0.545. The standard InChI is InChI=1S/C21H18NO2P/c1-24-20-14-8-9-17(15-16-22)21(20)25(23,18-10-4-2-5-11-18)19-12-6-3-7-13-19/h2-14H,15H2,1H3. The number of benzene rings is 3. The van der Waals surface area contributed by atoms with Crippen molar-refractivity contribution in [3.63, 3.8) is 0 Å². The van der Waals surface area contributed by atoms with Gasteiger partial charge in [-0.05, 0) is 11.6 Å². The normalized spacial score (nSPS) is 10.9. The second kappa shape index (κ2) is 7.38. The molecule has 0 aromatic heterocycles. The number of hydrogen-bond acceptors (Lipinski definition) is 3. The Bertz CT molecular complexity index is 903. The van der Waals surface area contributed by atoms with Crippen LogP contribution >= 0.6 is 7.14 Å². The molecule has 0 saturated heterocycles. The Labute approximate surface area is 147 Å². The quantitative estimate of drug-likeness (QED) is 0.665. The van der Waals surface area contributed by atoms with Crippen molar-refractivity contribution in [3.05, 3.63) is 84.4 Å². The molecule has 0 unspecified atom stereocenters. The lowest BCUT2D eigenvalue weighted by Gasteiger charge is -2.24. The summed E-state index contributed by atoms with van der Waals surface area (Å²) in [7, 11) is -1.61.